The molecule has 0 atom stereocenters. The molecule has 0 aliphatic carbocycles. The summed E-state index contributed by atoms with van der Waals surface area (Å²) in [7, 11) is 0. The largest absolute Gasteiger partial charge is 0.492 e. The Morgan fingerprint density at radius 2 is 1.82 bits per heavy atom. The Bertz CT molecular complexity index is 594. The number of morpholine rings is 1. The minimum absolute atomic E-state index is 0. The van der Waals surface area contributed by atoms with E-state index in [-0.39, 0.29) is 30.7 Å². The van der Waals surface area contributed by atoms with Crippen LogP contribution in [-0.2, 0) is 20.8 Å². The van der Waals surface area contributed by atoms with Crippen molar-refractivity contribution in [3.63, 3.8) is 0 Å². The van der Waals surface area contributed by atoms with Crippen LogP contribution in [0, 0.1) is 0 Å². The minimum atomic E-state index is -0.815. The lowest BCUT2D eigenvalue weighted by molar-refractivity contribution is -0.129. The van der Waals surface area contributed by atoms with Crippen molar-refractivity contribution < 1.29 is 19.0 Å². The van der Waals surface area contributed by atoms with Gasteiger partial charge in [-0.1, -0.05) is 12.1 Å². The van der Waals surface area contributed by atoms with Gasteiger partial charge in [-0.05, 0) is 30.5 Å². The molecule has 0 radical (unpaired) electrons. The molecule has 2 saturated heterocycles. The first-order valence-electron chi connectivity index (χ1n) is 9.32. The normalized spacial score (nSPS) is 19.0. The Hall–Kier alpha value is -1.09. The number of hydrogen-bond donors (Lipinski definition) is 2. The highest BCUT2D eigenvalue weighted by Crippen LogP contribution is 2.18. The topological polar surface area (TPSA) is 86.1 Å². The summed E-state index contributed by atoms with van der Waals surface area (Å²) in [6, 6.07) is 7.82. The van der Waals surface area contributed by atoms with Gasteiger partial charge in [0.1, 0.15) is 12.4 Å². The SMILES string of the molecule is Cl.Cl.NC1(C(=O)NCc2cccc(OCCN3CCOCC3)c2)CCOCC1. The summed E-state index contributed by atoms with van der Waals surface area (Å²) in [6.07, 6.45) is 1.12. The van der Waals surface area contributed by atoms with Gasteiger partial charge in [-0.3, -0.25) is 9.69 Å². The molecule has 7 nitrogen and oxygen atoms in total. The van der Waals surface area contributed by atoms with Crippen LogP contribution in [0.4, 0.5) is 0 Å². The zero-order chi connectivity index (χ0) is 18.2. The smallest absolute Gasteiger partial charge is 0.240 e. The molecule has 2 aliphatic heterocycles. The van der Waals surface area contributed by atoms with Crippen molar-refractivity contribution in [1.29, 1.82) is 0 Å². The zero-order valence-electron chi connectivity index (χ0n) is 16.1. The van der Waals surface area contributed by atoms with Crippen molar-refractivity contribution >= 4 is 30.7 Å². The molecule has 1 aromatic rings. The van der Waals surface area contributed by atoms with Gasteiger partial charge in [0.2, 0.25) is 5.91 Å². The Morgan fingerprint density at radius 1 is 1.14 bits per heavy atom. The molecule has 1 aromatic carbocycles. The molecule has 0 aromatic heterocycles. The molecule has 1 amide bonds. The lowest BCUT2D eigenvalue weighted by Gasteiger charge is -2.31. The van der Waals surface area contributed by atoms with Gasteiger partial charge in [-0.15, -0.1) is 24.8 Å². The van der Waals surface area contributed by atoms with Crippen LogP contribution in [-0.4, -0.2) is 69.0 Å². The van der Waals surface area contributed by atoms with Crippen molar-refractivity contribution in [2.24, 2.45) is 5.73 Å². The summed E-state index contributed by atoms with van der Waals surface area (Å²) in [5.74, 6) is 0.706. The molecule has 160 valence electrons. The average molecular weight is 436 g/mol. The van der Waals surface area contributed by atoms with Crippen LogP contribution < -0.4 is 15.8 Å². The standard InChI is InChI=1S/C19H29N3O4.2ClH/c20-19(4-9-24-10-5-19)18(23)21-15-16-2-1-3-17(14-16)26-13-8-22-6-11-25-12-7-22;;/h1-3,14H,4-13,15,20H2,(H,21,23);2*1H. The average Bonchev–Trinajstić information content (AvgIpc) is 2.68. The van der Waals surface area contributed by atoms with Gasteiger partial charge >= 0.3 is 0 Å². The highest BCUT2D eigenvalue weighted by molar-refractivity contribution is 5.86. The number of ether oxygens (including phenoxy) is 3. The van der Waals surface area contributed by atoms with Crippen LogP contribution in [0.15, 0.2) is 24.3 Å². The third-order valence-corrected chi connectivity index (χ3v) is 4.97. The van der Waals surface area contributed by atoms with E-state index < -0.39 is 5.54 Å². The predicted molar refractivity (Wildman–Crippen MR) is 113 cm³/mol. The van der Waals surface area contributed by atoms with Gasteiger partial charge in [0, 0.05) is 39.4 Å². The van der Waals surface area contributed by atoms with E-state index in [0.717, 1.165) is 44.2 Å². The van der Waals surface area contributed by atoms with E-state index in [1.807, 2.05) is 24.3 Å². The Labute approximate surface area is 179 Å². The number of halogens is 2. The molecule has 0 spiro atoms. The van der Waals surface area contributed by atoms with Crippen LogP contribution in [0.1, 0.15) is 18.4 Å². The maximum Gasteiger partial charge on any atom is 0.240 e. The van der Waals surface area contributed by atoms with Gasteiger partial charge in [0.15, 0.2) is 0 Å². The van der Waals surface area contributed by atoms with Crippen LogP contribution in [0.2, 0.25) is 0 Å². The number of carbonyl (C=O) groups excluding carboxylic acids is 1. The number of hydrogen-bond acceptors (Lipinski definition) is 6. The molecule has 3 N–H and O–H groups in total. The Morgan fingerprint density at radius 3 is 2.54 bits per heavy atom. The first-order valence-corrected chi connectivity index (χ1v) is 9.32. The fraction of sp³-hybridized carbons (Fsp3) is 0.632. The maximum atomic E-state index is 12.4. The van der Waals surface area contributed by atoms with E-state index in [1.54, 1.807) is 0 Å². The Balaban J connectivity index is 0.00000196. The van der Waals surface area contributed by atoms with E-state index in [4.69, 9.17) is 19.9 Å². The van der Waals surface area contributed by atoms with Crippen molar-refractivity contribution in [2.45, 2.75) is 24.9 Å². The lowest BCUT2D eigenvalue weighted by atomic mass is 9.90. The third kappa shape index (κ3) is 7.39. The molecule has 2 aliphatic rings. The summed E-state index contributed by atoms with van der Waals surface area (Å²) in [4.78, 5) is 14.7. The van der Waals surface area contributed by atoms with Gasteiger partial charge in [0.05, 0.1) is 18.8 Å². The minimum Gasteiger partial charge on any atom is -0.492 e. The van der Waals surface area contributed by atoms with Crippen LogP contribution in [0.25, 0.3) is 0 Å². The molecular weight excluding hydrogens is 405 g/mol. The second-order valence-corrected chi connectivity index (χ2v) is 6.90. The molecule has 9 heteroatoms. The summed E-state index contributed by atoms with van der Waals surface area (Å²) in [5.41, 5.74) is 6.39. The van der Waals surface area contributed by atoms with Crippen LogP contribution in [0.3, 0.4) is 0 Å². The van der Waals surface area contributed by atoms with E-state index in [2.05, 4.69) is 10.2 Å². The first kappa shape index (κ1) is 24.9. The number of benzene rings is 1. The number of amides is 1. The predicted octanol–water partition coefficient (Wildman–Crippen LogP) is 1.37. The van der Waals surface area contributed by atoms with Crippen molar-refractivity contribution in [1.82, 2.24) is 10.2 Å². The van der Waals surface area contributed by atoms with E-state index in [1.165, 1.54) is 0 Å². The number of nitrogens with one attached hydrogen (secondary N) is 1. The van der Waals surface area contributed by atoms with Crippen molar-refractivity contribution in [3.05, 3.63) is 29.8 Å². The van der Waals surface area contributed by atoms with Gasteiger partial charge < -0.3 is 25.3 Å². The maximum absolute atomic E-state index is 12.4. The number of nitrogens with zero attached hydrogens (tertiary/aromatic N) is 1. The van der Waals surface area contributed by atoms with Crippen molar-refractivity contribution in [3.8, 4) is 5.75 Å². The summed E-state index contributed by atoms with van der Waals surface area (Å²) >= 11 is 0. The van der Waals surface area contributed by atoms with E-state index in [9.17, 15) is 4.79 Å². The summed E-state index contributed by atoms with van der Waals surface area (Å²) in [5, 5.41) is 2.95. The second-order valence-electron chi connectivity index (χ2n) is 6.90. The fourth-order valence-corrected chi connectivity index (χ4v) is 3.18. The molecule has 2 fully saturated rings. The molecule has 0 bridgehead atoms. The van der Waals surface area contributed by atoms with Gasteiger partial charge in [-0.2, -0.15) is 0 Å². The van der Waals surface area contributed by atoms with Crippen molar-refractivity contribution in [2.75, 3.05) is 52.7 Å². The van der Waals surface area contributed by atoms with Crippen LogP contribution in [0.5, 0.6) is 5.75 Å². The highest BCUT2D eigenvalue weighted by Gasteiger charge is 2.35. The number of carbonyl (C=O) groups is 1. The molecule has 3 rings (SSSR count). The van der Waals surface area contributed by atoms with Gasteiger partial charge in [-0.25, -0.2) is 0 Å². The highest BCUT2D eigenvalue weighted by atomic mass is 35.5. The first-order chi connectivity index (χ1) is 12.7. The van der Waals surface area contributed by atoms with E-state index in [0.29, 0.717) is 39.2 Å². The quantitative estimate of drug-likeness (QED) is 0.672. The lowest BCUT2D eigenvalue weighted by Crippen LogP contribution is -2.56. The van der Waals surface area contributed by atoms with Crippen LogP contribution >= 0.6 is 24.8 Å². The number of rotatable bonds is 7. The number of nitrogens with two attached hydrogens (primary N) is 1. The molecule has 0 saturated carbocycles. The molecule has 0 unspecified atom stereocenters. The summed E-state index contributed by atoms with van der Waals surface area (Å²) < 4.78 is 16.5. The van der Waals surface area contributed by atoms with Gasteiger partial charge in [0.25, 0.3) is 0 Å². The monoisotopic (exact) mass is 435 g/mol. The molecule has 28 heavy (non-hydrogen) atoms. The third-order valence-electron chi connectivity index (χ3n) is 4.97. The van der Waals surface area contributed by atoms with E-state index >= 15 is 0 Å². The molecule has 2 heterocycles. The molecular formula is C19H31Cl2N3O4. The fourth-order valence-electron chi connectivity index (χ4n) is 3.18. The Kier molecular flexibility index (Phi) is 11.1. The zero-order valence-corrected chi connectivity index (χ0v) is 17.7. The summed E-state index contributed by atoms with van der Waals surface area (Å²) in [6.45, 7) is 6.56. The second kappa shape index (κ2) is 12.5.